The molecule has 1 fully saturated rings. The Hall–Kier alpha value is -0.680. The van der Waals surface area contributed by atoms with Crippen LogP contribution < -0.4 is 5.73 Å². The Labute approximate surface area is 115 Å². The van der Waals surface area contributed by atoms with Gasteiger partial charge in [0.25, 0.3) is 0 Å². The van der Waals surface area contributed by atoms with Gasteiger partial charge in [-0.1, -0.05) is 33.0 Å². The van der Waals surface area contributed by atoms with E-state index in [-0.39, 0.29) is 11.9 Å². The van der Waals surface area contributed by atoms with Crippen molar-refractivity contribution in [1.82, 2.24) is 9.80 Å². The summed E-state index contributed by atoms with van der Waals surface area (Å²) in [6.45, 7) is 9.59. The molecule has 0 radical (unpaired) electrons. The molecule has 1 unspecified atom stereocenters. The normalized spacial score (nSPS) is 19.0. The summed E-state index contributed by atoms with van der Waals surface area (Å²) in [5.41, 5.74) is 5.75. The van der Waals surface area contributed by atoms with Gasteiger partial charge in [-0.15, -0.1) is 0 Å². The molecule has 1 aliphatic heterocycles. The smallest absolute Gasteiger partial charge is 0.222 e. The standard InChI is InChI=1S/C13H25N3OS/c1-4-11(13(14)18)15-5-7-16(8-6-15)12(17)9-10(2)3/h10-11H,4-9H2,1-3H3,(H2,14,18). The second kappa shape index (κ2) is 7.04. The van der Waals surface area contributed by atoms with Crippen molar-refractivity contribution in [3.05, 3.63) is 0 Å². The van der Waals surface area contributed by atoms with E-state index in [1.807, 2.05) is 4.90 Å². The Kier molecular flexibility index (Phi) is 6.02. The molecule has 18 heavy (non-hydrogen) atoms. The fourth-order valence-corrected chi connectivity index (χ4v) is 2.72. The average Bonchev–Trinajstić information content (AvgIpc) is 2.29. The van der Waals surface area contributed by atoms with Crippen molar-refractivity contribution in [2.45, 2.75) is 39.7 Å². The number of nitrogens with zero attached hydrogens (tertiary/aromatic N) is 2. The van der Waals surface area contributed by atoms with Crippen molar-refractivity contribution < 1.29 is 4.79 Å². The number of carbonyl (C=O) groups excluding carboxylic acids is 1. The van der Waals surface area contributed by atoms with Crippen LogP contribution in [-0.2, 0) is 4.79 Å². The van der Waals surface area contributed by atoms with Gasteiger partial charge < -0.3 is 10.6 Å². The van der Waals surface area contributed by atoms with Crippen LogP contribution in [0.2, 0.25) is 0 Å². The summed E-state index contributed by atoms with van der Waals surface area (Å²) >= 11 is 5.09. The number of hydrogen-bond acceptors (Lipinski definition) is 3. The third kappa shape index (κ3) is 4.21. The lowest BCUT2D eigenvalue weighted by Gasteiger charge is -2.38. The Morgan fingerprint density at radius 1 is 1.28 bits per heavy atom. The van der Waals surface area contributed by atoms with Gasteiger partial charge in [0, 0.05) is 32.6 Å². The highest BCUT2D eigenvalue weighted by atomic mass is 32.1. The highest BCUT2D eigenvalue weighted by Gasteiger charge is 2.26. The van der Waals surface area contributed by atoms with Gasteiger partial charge in [0.15, 0.2) is 0 Å². The molecule has 2 N–H and O–H groups in total. The minimum Gasteiger partial charge on any atom is -0.392 e. The summed E-state index contributed by atoms with van der Waals surface area (Å²) in [7, 11) is 0. The fourth-order valence-electron chi connectivity index (χ4n) is 2.40. The van der Waals surface area contributed by atoms with Gasteiger partial charge in [-0.2, -0.15) is 0 Å². The van der Waals surface area contributed by atoms with Crippen LogP contribution in [0.1, 0.15) is 33.6 Å². The number of carbonyl (C=O) groups is 1. The number of thiocarbonyl (C=S) groups is 1. The van der Waals surface area contributed by atoms with Crippen LogP contribution in [0.5, 0.6) is 0 Å². The maximum Gasteiger partial charge on any atom is 0.222 e. The van der Waals surface area contributed by atoms with Gasteiger partial charge in [0.1, 0.15) is 0 Å². The molecule has 104 valence electrons. The number of hydrogen-bond donors (Lipinski definition) is 1. The van der Waals surface area contributed by atoms with Crippen LogP contribution in [-0.4, -0.2) is 52.9 Å². The molecule has 0 aromatic rings. The zero-order valence-electron chi connectivity index (χ0n) is 11.7. The van der Waals surface area contributed by atoms with Crippen LogP contribution in [0.4, 0.5) is 0 Å². The highest BCUT2D eigenvalue weighted by molar-refractivity contribution is 7.80. The Morgan fingerprint density at radius 3 is 2.22 bits per heavy atom. The lowest BCUT2D eigenvalue weighted by molar-refractivity contribution is -0.133. The lowest BCUT2D eigenvalue weighted by Crippen LogP contribution is -2.54. The first-order valence-electron chi connectivity index (χ1n) is 6.76. The molecule has 0 aromatic carbocycles. The Bertz CT molecular complexity index is 299. The third-order valence-corrected chi connectivity index (χ3v) is 3.68. The van der Waals surface area contributed by atoms with Gasteiger partial charge in [-0.25, -0.2) is 0 Å². The van der Waals surface area contributed by atoms with Crippen LogP contribution in [0.3, 0.4) is 0 Å². The van der Waals surface area contributed by atoms with Crippen molar-refractivity contribution >= 4 is 23.1 Å². The molecule has 0 aromatic heterocycles. The Balaban J connectivity index is 2.45. The first-order valence-corrected chi connectivity index (χ1v) is 7.17. The second-order valence-corrected chi connectivity index (χ2v) is 5.81. The molecule has 1 saturated heterocycles. The van der Waals surface area contributed by atoms with Crippen LogP contribution in [0.25, 0.3) is 0 Å². The van der Waals surface area contributed by atoms with Crippen molar-refractivity contribution in [2.75, 3.05) is 26.2 Å². The van der Waals surface area contributed by atoms with E-state index in [1.165, 1.54) is 0 Å². The van der Waals surface area contributed by atoms with Crippen molar-refractivity contribution in [3.63, 3.8) is 0 Å². The van der Waals surface area contributed by atoms with Crippen molar-refractivity contribution in [2.24, 2.45) is 11.7 Å². The summed E-state index contributed by atoms with van der Waals surface area (Å²) in [6.07, 6.45) is 1.59. The van der Waals surface area contributed by atoms with Gasteiger partial charge in [-0.05, 0) is 12.3 Å². The molecule has 5 heteroatoms. The van der Waals surface area contributed by atoms with Gasteiger partial charge in [-0.3, -0.25) is 9.69 Å². The summed E-state index contributed by atoms with van der Waals surface area (Å²) in [6, 6.07) is 0.183. The number of rotatable bonds is 5. The molecule has 1 atom stereocenters. The Morgan fingerprint density at radius 2 is 1.83 bits per heavy atom. The van der Waals surface area contributed by atoms with Gasteiger partial charge in [0.2, 0.25) is 5.91 Å². The molecule has 1 aliphatic rings. The maximum absolute atomic E-state index is 11.9. The highest BCUT2D eigenvalue weighted by Crippen LogP contribution is 2.12. The fraction of sp³-hybridized carbons (Fsp3) is 0.846. The molecule has 1 heterocycles. The molecule has 0 spiro atoms. The van der Waals surface area contributed by atoms with E-state index in [0.717, 1.165) is 32.6 Å². The summed E-state index contributed by atoms with van der Waals surface area (Å²) in [5.74, 6) is 0.698. The molecule has 0 saturated carbocycles. The van der Waals surface area contributed by atoms with E-state index >= 15 is 0 Å². The molecule has 0 bridgehead atoms. The summed E-state index contributed by atoms with van der Waals surface area (Å²) in [4.78, 5) is 16.8. The topological polar surface area (TPSA) is 49.6 Å². The van der Waals surface area contributed by atoms with Crippen molar-refractivity contribution in [3.8, 4) is 0 Å². The van der Waals surface area contributed by atoms with Crippen LogP contribution in [0, 0.1) is 5.92 Å². The molecule has 1 rings (SSSR count). The second-order valence-electron chi connectivity index (χ2n) is 5.34. The zero-order valence-corrected chi connectivity index (χ0v) is 12.5. The van der Waals surface area contributed by atoms with E-state index in [1.54, 1.807) is 0 Å². The largest absolute Gasteiger partial charge is 0.392 e. The predicted molar refractivity (Wildman–Crippen MR) is 78.5 cm³/mol. The average molecular weight is 271 g/mol. The quantitative estimate of drug-likeness (QED) is 0.764. The molecule has 4 nitrogen and oxygen atoms in total. The number of amides is 1. The third-order valence-electron chi connectivity index (χ3n) is 3.41. The van der Waals surface area contributed by atoms with Crippen LogP contribution in [0.15, 0.2) is 0 Å². The summed E-state index contributed by atoms with van der Waals surface area (Å²) in [5, 5.41) is 0. The monoisotopic (exact) mass is 271 g/mol. The van der Waals surface area contributed by atoms with E-state index in [9.17, 15) is 4.79 Å². The molecule has 1 amide bonds. The van der Waals surface area contributed by atoms with E-state index < -0.39 is 0 Å². The zero-order chi connectivity index (χ0) is 13.7. The molecular weight excluding hydrogens is 246 g/mol. The number of nitrogens with two attached hydrogens (primary N) is 1. The maximum atomic E-state index is 11.9. The van der Waals surface area contributed by atoms with E-state index in [4.69, 9.17) is 18.0 Å². The molecule has 0 aliphatic carbocycles. The summed E-state index contributed by atoms with van der Waals surface area (Å²) < 4.78 is 0. The van der Waals surface area contributed by atoms with Crippen LogP contribution >= 0.6 is 12.2 Å². The minimum absolute atomic E-state index is 0.183. The predicted octanol–water partition coefficient (Wildman–Crippen LogP) is 1.24. The van der Waals surface area contributed by atoms with Crippen molar-refractivity contribution in [1.29, 1.82) is 0 Å². The van der Waals surface area contributed by atoms with Gasteiger partial charge >= 0.3 is 0 Å². The first kappa shape index (κ1) is 15.4. The lowest BCUT2D eigenvalue weighted by atomic mass is 10.1. The first-order chi connectivity index (χ1) is 8.45. The number of piperazine rings is 1. The van der Waals surface area contributed by atoms with E-state index in [0.29, 0.717) is 17.3 Å². The SMILES string of the molecule is CCC(C(N)=S)N1CCN(C(=O)CC(C)C)CC1. The molecular formula is C13H25N3OS. The minimum atomic E-state index is 0.183. The van der Waals surface area contributed by atoms with Gasteiger partial charge in [0.05, 0.1) is 11.0 Å². The van der Waals surface area contributed by atoms with E-state index in [2.05, 4.69) is 25.7 Å².